The van der Waals surface area contributed by atoms with Gasteiger partial charge in [-0.3, -0.25) is 4.79 Å². The zero-order valence-electron chi connectivity index (χ0n) is 12.7. The van der Waals surface area contributed by atoms with Crippen molar-refractivity contribution in [1.29, 1.82) is 5.26 Å². The zero-order valence-corrected chi connectivity index (χ0v) is 13.5. The van der Waals surface area contributed by atoms with E-state index in [9.17, 15) is 10.1 Å². The first kappa shape index (κ1) is 14.6. The fourth-order valence-corrected chi connectivity index (χ4v) is 4.33. The molecule has 1 aromatic heterocycles. The molecule has 6 heteroatoms. The average Bonchev–Trinajstić information content (AvgIpc) is 2.83. The first-order chi connectivity index (χ1) is 11.1. The number of para-hydroxylation sites is 1. The molecule has 5 nitrogen and oxygen atoms in total. The summed E-state index contributed by atoms with van der Waals surface area (Å²) in [7, 11) is 1.82. The third kappa shape index (κ3) is 1.85. The van der Waals surface area contributed by atoms with Crippen LogP contribution in [0.4, 0.5) is 0 Å². The van der Waals surface area contributed by atoms with Crippen LogP contribution < -0.4 is 5.32 Å². The summed E-state index contributed by atoms with van der Waals surface area (Å²) in [4.78, 5) is 12.8. The summed E-state index contributed by atoms with van der Waals surface area (Å²) in [6.07, 6.45) is 1.29. The van der Waals surface area contributed by atoms with E-state index in [0.29, 0.717) is 36.8 Å². The van der Waals surface area contributed by atoms with Crippen LogP contribution in [0.5, 0.6) is 0 Å². The second-order valence-electron chi connectivity index (χ2n) is 6.24. The van der Waals surface area contributed by atoms with Crippen LogP contribution in [0, 0.1) is 11.3 Å². The number of hydrogen-bond acceptors (Lipinski definition) is 3. The summed E-state index contributed by atoms with van der Waals surface area (Å²) >= 11 is 6.34. The van der Waals surface area contributed by atoms with Crippen LogP contribution in [-0.4, -0.2) is 29.2 Å². The van der Waals surface area contributed by atoms with Crippen molar-refractivity contribution in [3.05, 3.63) is 34.5 Å². The van der Waals surface area contributed by atoms with Crippen LogP contribution in [0.25, 0.3) is 10.9 Å². The monoisotopic (exact) mass is 329 g/mol. The van der Waals surface area contributed by atoms with Crippen molar-refractivity contribution >= 4 is 28.4 Å². The minimum atomic E-state index is -0.548. The number of nitrogens with zero attached hydrogens (tertiary/aromatic N) is 2. The zero-order chi connectivity index (χ0) is 16.2. The lowest BCUT2D eigenvalue weighted by Crippen LogP contribution is -2.58. The van der Waals surface area contributed by atoms with Crippen molar-refractivity contribution in [2.24, 2.45) is 7.05 Å². The van der Waals surface area contributed by atoms with Crippen LogP contribution >= 0.6 is 11.6 Å². The molecule has 1 saturated heterocycles. The molecule has 1 fully saturated rings. The molecule has 4 rings (SSSR count). The van der Waals surface area contributed by atoms with Gasteiger partial charge in [0.2, 0.25) is 0 Å². The smallest absolute Gasteiger partial charge is 0.268 e. The van der Waals surface area contributed by atoms with E-state index in [4.69, 9.17) is 16.3 Å². The van der Waals surface area contributed by atoms with Gasteiger partial charge in [0.1, 0.15) is 5.69 Å². The van der Waals surface area contributed by atoms with E-state index < -0.39 is 11.5 Å². The van der Waals surface area contributed by atoms with Gasteiger partial charge in [-0.05, 0) is 18.9 Å². The van der Waals surface area contributed by atoms with Gasteiger partial charge in [0, 0.05) is 31.2 Å². The number of nitrogens with one attached hydrogen (secondary N) is 1. The van der Waals surface area contributed by atoms with Crippen molar-refractivity contribution < 1.29 is 9.53 Å². The number of carbonyl (C=O) groups excluding carboxylic acids is 1. The van der Waals surface area contributed by atoms with Gasteiger partial charge in [0.25, 0.3) is 5.91 Å². The van der Waals surface area contributed by atoms with E-state index >= 15 is 0 Å². The molecule has 0 aliphatic carbocycles. The van der Waals surface area contributed by atoms with Crippen molar-refractivity contribution in [1.82, 2.24) is 9.88 Å². The number of aromatic nitrogens is 1. The number of amides is 1. The normalized spacial score (nSPS) is 22.7. The number of benzene rings is 1. The second-order valence-corrected chi connectivity index (χ2v) is 6.65. The number of rotatable bonds is 0. The highest BCUT2D eigenvalue weighted by Gasteiger charge is 2.49. The third-order valence-electron chi connectivity index (χ3n) is 5.14. The largest absolute Gasteiger partial charge is 0.381 e. The molecular formula is C17H16ClN3O2. The van der Waals surface area contributed by atoms with Gasteiger partial charge in [0.15, 0.2) is 0 Å². The summed E-state index contributed by atoms with van der Waals surface area (Å²) in [6.45, 7) is 1.11. The number of aryl methyl sites for hydroxylation is 1. The Hall–Kier alpha value is -2.03. The van der Waals surface area contributed by atoms with Gasteiger partial charge in [-0.15, -0.1) is 0 Å². The number of hydrogen-bond donors (Lipinski definition) is 1. The fourth-order valence-electron chi connectivity index (χ4n) is 4.03. The summed E-state index contributed by atoms with van der Waals surface area (Å²) in [5.41, 5.74) is 1.60. The first-order valence-corrected chi connectivity index (χ1v) is 8.03. The van der Waals surface area contributed by atoms with Crippen molar-refractivity contribution in [2.75, 3.05) is 13.2 Å². The van der Waals surface area contributed by atoms with Gasteiger partial charge in [-0.25, -0.2) is 0 Å². The van der Waals surface area contributed by atoms with E-state index in [1.165, 1.54) is 0 Å². The predicted octanol–water partition coefficient (Wildman–Crippen LogP) is 2.73. The number of carbonyl (C=O) groups is 1. The van der Waals surface area contributed by atoms with Crippen LogP contribution in [0.15, 0.2) is 18.2 Å². The van der Waals surface area contributed by atoms with E-state index in [0.717, 1.165) is 16.5 Å². The number of nitriles is 1. The lowest BCUT2D eigenvalue weighted by molar-refractivity contribution is 0.0285. The Morgan fingerprint density at radius 2 is 2.17 bits per heavy atom. The topological polar surface area (TPSA) is 67.1 Å². The molecule has 0 saturated carbocycles. The van der Waals surface area contributed by atoms with Crippen LogP contribution in [0.1, 0.15) is 34.8 Å². The first-order valence-electron chi connectivity index (χ1n) is 7.66. The Morgan fingerprint density at radius 1 is 1.43 bits per heavy atom. The highest BCUT2D eigenvalue weighted by atomic mass is 35.5. The maximum atomic E-state index is 12.8. The minimum absolute atomic E-state index is 0.136. The molecule has 2 aromatic rings. The fraction of sp³-hybridized carbons (Fsp3) is 0.412. The molecule has 0 radical (unpaired) electrons. The maximum absolute atomic E-state index is 12.8. The Kier molecular flexibility index (Phi) is 3.15. The van der Waals surface area contributed by atoms with Gasteiger partial charge >= 0.3 is 0 Å². The second kappa shape index (κ2) is 4.98. The minimum Gasteiger partial charge on any atom is -0.381 e. The summed E-state index contributed by atoms with van der Waals surface area (Å²) < 4.78 is 7.24. The van der Waals surface area contributed by atoms with Crippen molar-refractivity contribution in [2.45, 2.75) is 24.3 Å². The van der Waals surface area contributed by atoms with Crippen LogP contribution in [0.3, 0.4) is 0 Å². The Labute approximate surface area is 138 Å². The molecule has 3 heterocycles. The van der Waals surface area contributed by atoms with Gasteiger partial charge in [-0.1, -0.05) is 23.7 Å². The number of ether oxygens (including phenoxy) is 1. The predicted molar refractivity (Wildman–Crippen MR) is 86.5 cm³/mol. The molecule has 1 atom stereocenters. The summed E-state index contributed by atoms with van der Waals surface area (Å²) in [6, 6.07) is 8.05. The highest BCUT2D eigenvalue weighted by Crippen LogP contribution is 2.45. The standard InChI is InChI=1S/C17H16ClN3O2/c1-21-14-10(3-2-4-12(14)18)13-11(9-19)17(5-7-23-8-6-17)20-16(22)15(13)21/h2-4,11H,5-8H2,1H3,(H,20,22). The van der Waals surface area contributed by atoms with E-state index in [1.54, 1.807) is 10.6 Å². The van der Waals surface area contributed by atoms with Crippen LogP contribution in [-0.2, 0) is 11.8 Å². The molecule has 1 N–H and O–H groups in total. The molecule has 1 unspecified atom stereocenters. The molecule has 23 heavy (non-hydrogen) atoms. The Bertz CT molecular complexity index is 859. The maximum Gasteiger partial charge on any atom is 0.268 e. The Balaban J connectivity index is 2.04. The van der Waals surface area contributed by atoms with Gasteiger partial charge in [0.05, 0.1) is 28.1 Å². The molecule has 118 valence electrons. The SMILES string of the molecule is Cn1c2c(c3cccc(Cl)c31)C(C#N)C1(CCOCC1)NC2=O. The third-order valence-corrected chi connectivity index (χ3v) is 5.44. The van der Waals surface area contributed by atoms with E-state index in [1.807, 2.05) is 19.2 Å². The molecule has 1 aromatic carbocycles. The van der Waals surface area contributed by atoms with Crippen LogP contribution in [0.2, 0.25) is 5.02 Å². The summed E-state index contributed by atoms with van der Waals surface area (Å²) in [5.74, 6) is -0.538. The molecular weight excluding hydrogens is 314 g/mol. The number of halogens is 1. The molecule has 1 amide bonds. The quantitative estimate of drug-likeness (QED) is 0.808. The number of fused-ring (bicyclic) bond motifs is 3. The Morgan fingerprint density at radius 3 is 2.87 bits per heavy atom. The lowest BCUT2D eigenvalue weighted by atomic mass is 9.71. The van der Waals surface area contributed by atoms with Crippen molar-refractivity contribution in [3.8, 4) is 6.07 Å². The molecule has 2 aliphatic heterocycles. The van der Waals surface area contributed by atoms with E-state index in [2.05, 4.69) is 11.4 Å². The lowest BCUT2D eigenvalue weighted by Gasteiger charge is -2.44. The van der Waals surface area contributed by atoms with Gasteiger partial charge < -0.3 is 14.6 Å². The molecule has 0 bridgehead atoms. The van der Waals surface area contributed by atoms with Crippen molar-refractivity contribution in [3.63, 3.8) is 0 Å². The average molecular weight is 330 g/mol. The molecule has 2 aliphatic rings. The van der Waals surface area contributed by atoms with E-state index in [-0.39, 0.29) is 5.91 Å². The van der Waals surface area contributed by atoms with Gasteiger partial charge in [-0.2, -0.15) is 5.26 Å². The summed E-state index contributed by atoms with van der Waals surface area (Å²) in [5, 5.41) is 14.5. The highest BCUT2D eigenvalue weighted by molar-refractivity contribution is 6.35. The molecule has 1 spiro atoms.